The van der Waals surface area contributed by atoms with Gasteiger partial charge in [-0.05, 0) is 41.0 Å². The summed E-state index contributed by atoms with van der Waals surface area (Å²) in [6, 6.07) is 0. The Bertz CT molecular complexity index is 402. The minimum atomic E-state index is -0.448. The Labute approximate surface area is 110 Å². The molecule has 1 aromatic rings. The minimum absolute atomic E-state index is 0.448. The van der Waals surface area contributed by atoms with Gasteiger partial charge in [0, 0.05) is 24.4 Å². The van der Waals surface area contributed by atoms with Crippen molar-refractivity contribution in [3.63, 3.8) is 0 Å². The van der Waals surface area contributed by atoms with Crippen molar-refractivity contribution in [2.24, 2.45) is 0 Å². The maximum atomic E-state index is 5.74. The van der Waals surface area contributed by atoms with Crippen LogP contribution in [0.5, 0.6) is 0 Å². The van der Waals surface area contributed by atoms with E-state index in [2.05, 4.69) is 36.1 Å². The van der Waals surface area contributed by atoms with Gasteiger partial charge in [0.05, 0.1) is 0 Å². The third-order valence-electron chi connectivity index (χ3n) is 2.97. The van der Waals surface area contributed by atoms with Crippen LogP contribution in [0.25, 0.3) is 0 Å². The van der Waals surface area contributed by atoms with E-state index in [1.807, 2.05) is 20.8 Å². The molecule has 0 bridgehead atoms. The van der Waals surface area contributed by atoms with Gasteiger partial charge in [0.15, 0.2) is 5.82 Å². The largest absolute Gasteiger partial charge is 0.370 e. The monoisotopic (exact) mass is 251 g/mol. The molecular weight excluding hydrogens is 226 g/mol. The molecule has 0 aliphatic carbocycles. The number of anilines is 1. The van der Waals surface area contributed by atoms with Crippen molar-refractivity contribution in [2.75, 3.05) is 18.5 Å². The zero-order chi connectivity index (χ0) is 13.8. The van der Waals surface area contributed by atoms with E-state index in [-0.39, 0.29) is 0 Å². The lowest BCUT2D eigenvalue weighted by molar-refractivity contribution is -0.0208. The first-order valence-electron chi connectivity index (χ1n) is 6.72. The van der Waals surface area contributed by atoms with E-state index in [0.29, 0.717) is 6.61 Å². The first-order chi connectivity index (χ1) is 8.46. The summed E-state index contributed by atoms with van der Waals surface area (Å²) in [4.78, 5) is 9.26. The molecule has 0 aliphatic rings. The highest BCUT2D eigenvalue weighted by molar-refractivity contribution is 5.46. The molecule has 4 nitrogen and oxygen atoms in total. The van der Waals surface area contributed by atoms with E-state index in [9.17, 15) is 0 Å². The van der Waals surface area contributed by atoms with Crippen molar-refractivity contribution in [2.45, 2.75) is 53.6 Å². The number of aryl methyl sites for hydroxylation is 1. The van der Waals surface area contributed by atoms with Crippen LogP contribution in [0.3, 0.4) is 0 Å². The van der Waals surface area contributed by atoms with Gasteiger partial charge < -0.3 is 10.1 Å². The van der Waals surface area contributed by atoms with Crippen LogP contribution in [0.1, 0.15) is 51.7 Å². The first-order valence-corrected chi connectivity index (χ1v) is 6.72. The van der Waals surface area contributed by atoms with Crippen molar-refractivity contribution >= 4 is 5.82 Å². The molecule has 1 rings (SSSR count). The Morgan fingerprint density at radius 1 is 1.17 bits per heavy atom. The molecule has 0 amide bonds. The Morgan fingerprint density at radius 3 is 2.33 bits per heavy atom. The topological polar surface area (TPSA) is 47.0 Å². The summed E-state index contributed by atoms with van der Waals surface area (Å²) in [7, 11) is 0. The third-order valence-corrected chi connectivity index (χ3v) is 2.97. The minimum Gasteiger partial charge on any atom is -0.370 e. The normalized spacial score (nSPS) is 11.7. The molecule has 1 heterocycles. The van der Waals surface area contributed by atoms with Crippen LogP contribution in [-0.4, -0.2) is 23.1 Å². The van der Waals surface area contributed by atoms with Crippen LogP contribution < -0.4 is 5.32 Å². The lowest BCUT2D eigenvalue weighted by Gasteiger charge is -2.25. The summed E-state index contributed by atoms with van der Waals surface area (Å²) in [5, 5.41) is 3.30. The Balaban J connectivity index is 3.24. The molecule has 0 fully saturated rings. The van der Waals surface area contributed by atoms with E-state index >= 15 is 0 Å². The molecule has 0 atom stereocenters. The van der Waals surface area contributed by atoms with E-state index in [1.165, 1.54) is 0 Å². The van der Waals surface area contributed by atoms with Crippen LogP contribution in [0.15, 0.2) is 0 Å². The van der Waals surface area contributed by atoms with Gasteiger partial charge in [0.2, 0.25) is 0 Å². The van der Waals surface area contributed by atoms with Crippen LogP contribution >= 0.6 is 0 Å². The van der Waals surface area contributed by atoms with Gasteiger partial charge in [-0.15, -0.1) is 0 Å². The third kappa shape index (κ3) is 3.19. The van der Waals surface area contributed by atoms with Crippen LogP contribution in [0.2, 0.25) is 0 Å². The molecule has 102 valence electrons. The standard InChI is InChI=1S/C14H25N3O/c1-7-11-10(4)12(15-8-2)17-13(16-11)14(5,6)18-9-3/h7-9H2,1-6H3,(H,15,16,17). The lowest BCUT2D eigenvalue weighted by Crippen LogP contribution is -2.26. The molecule has 0 aromatic carbocycles. The fraction of sp³-hybridized carbons (Fsp3) is 0.714. The highest BCUT2D eigenvalue weighted by atomic mass is 16.5. The molecule has 0 spiro atoms. The Morgan fingerprint density at radius 2 is 1.83 bits per heavy atom. The molecule has 1 N–H and O–H groups in total. The number of aromatic nitrogens is 2. The first kappa shape index (κ1) is 14.9. The van der Waals surface area contributed by atoms with E-state index < -0.39 is 5.60 Å². The fourth-order valence-electron chi connectivity index (χ4n) is 1.94. The molecule has 0 saturated heterocycles. The van der Waals surface area contributed by atoms with E-state index in [4.69, 9.17) is 4.74 Å². The van der Waals surface area contributed by atoms with Gasteiger partial charge in [0.25, 0.3) is 0 Å². The highest BCUT2D eigenvalue weighted by Crippen LogP contribution is 2.25. The number of nitrogens with one attached hydrogen (secondary N) is 1. The zero-order valence-corrected chi connectivity index (χ0v) is 12.4. The number of hydrogen-bond acceptors (Lipinski definition) is 4. The maximum Gasteiger partial charge on any atom is 0.162 e. The average molecular weight is 251 g/mol. The number of hydrogen-bond donors (Lipinski definition) is 1. The number of nitrogens with zero attached hydrogens (tertiary/aromatic N) is 2. The van der Waals surface area contributed by atoms with Gasteiger partial charge in [-0.2, -0.15) is 0 Å². The van der Waals surface area contributed by atoms with Crippen molar-refractivity contribution in [1.82, 2.24) is 9.97 Å². The smallest absolute Gasteiger partial charge is 0.162 e. The highest BCUT2D eigenvalue weighted by Gasteiger charge is 2.26. The zero-order valence-electron chi connectivity index (χ0n) is 12.4. The number of rotatable bonds is 6. The summed E-state index contributed by atoms with van der Waals surface area (Å²) in [6.07, 6.45) is 0.905. The quantitative estimate of drug-likeness (QED) is 0.844. The van der Waals surface area contributed by atoms with Crippen LogP contribution in [0.4, 0.5) is 5.82 Å². The number of ether oxygens (including phenoxy) is 1. The second-order valence-electron chi connectivity index (χ2n) is 4.79. The molecule has 4 heteroatoms. The van der Waals surface area contributed by atoms with Crippen molar-refractivity contribution in [1.29, 1.82) is 0 Å². The second-order valence-corrected chi connectivity index (χ2v) is 4.79. The van der Waals surface area contributed by atoms with Gasteiger partial charge in [-0.1, -0.05) is 6.92 Å². The summed E-state index contributed by atoms with van der Waals surface area (Å²) in [5.74, 6) is 1.68. The summed E-state index contributed by atoms with van der Waals surface area (Å²) in [5.41, 5.74) is 1.77. The van der Waals surface area contributed by atoms with Crippen LogP contribution in [-0.2, 0) is 16.8 Å². The molecule has 0 aliphatic heterocycles. The van der Waals surface area contributed by atoms with Gasteiger partial charge in [0.1, 0.15) is 11.4 Å². The molecule has 0 saturated carbocycles. The summed E-state index contributed by atoms with van der Waals surface area (Å²) < 4.78 is 5.74. The van der Waals surface area contributed by atoms with Crippen molar-refractivity contribution < 1.29 is 4.74 Å². The van der Waals surface area contributed by atoms with E-state index in [0.717, 1.165) is 35.9 Å². The SMILES string of the molecule is CCNc1nc(C(C)(C)OCC)nc(CC)c1C. The molecular formula is C14H25N3O. The van der Waals surface area contributed by atoms with Crippen LogP contribution in [0, 0.1) is 6.92 Å². The summed E-state index contributed by atoms with van der Waals surface area (Å²) in [6.45, 7) is 13.8. The predicted molar refractivity (Wildman–Crippen MR) is 75.0 cm³/mol. The molecule has 1 aromatic heterocycles. The average Bonchev–Trinajstić information content (AvgIpc) is 2.31. The molecule has 0 radical (unpaired) electrons. The second kappa shape index (κ2) is 6.14. The van der Waals surface area contributed by atoms with Crippen molar-refractivity contribution in [3.8, 4) is 0 Å². The van der Waals surface area contributed by atoms with Gasteiger partial charge in [-0.25, -0.2) is 9.97 Å². The molecule has 0 unspecified atom stereocenters. The Kier molecular flexibility index (Phi) is 5.08. The van der Waals surface area contributed by atoms with E-state index in [1.54, 1.807) is 0 Å². The lowest BCUT2D eigenvalue weighted by atomic mass is 10.1. The predicted octanol–water partition coefficient (Wildman–Crippen LogP) is 3.05. The fourth-order valence-corrected chi connectivity index (χ4v) is 1.94. The van der Waals surface area contributed by atoms with Gasteiger partial charge >= 0.3 is 0 Å². The molecule has 18 heavy (non-hydrogen) atoms. The summed E-state index contributed by atoms with van der Waals surface area (Å²) >= 11 is 0. The Hall–Kier alpha value is -1.16. The van der Waals surface area contributed by atoms with Gasteiger partial charge in [-0.3, -0.25) is 0 Å². The maximum absolute atomic E-state index is 5.74. The van der Waals surface area contributed by atoms with Crippen molar-refractivity contribution in [3.05, 3.63) is 17.1 Å².